The van der Waals surface area contributed by atoms with Crippen LogP contribution in [0.25, 0.3) is 0 Å². The largest absolute Gasteiger partial charge is 0.392 e. The molecular formula is C15H22FNO3S. The molecule has 1 aliphatic heterocycles. The van der Waals surface area contributed by atoms with Gasteiger partial charge < -0.3 is 5.11 Å². The van der Waals surface area contributed by atoms with Crippen LogP contribution in [0.2, 0.25) is 0 Å². The lowest BCUT2D eigenvalue weighted by atomic mass is 9.94. The first-order valence-corrected chi connectivity index (χ1v) is 8.64. The SMILES string of the molecule is Cc1cc(S(=O)(=O)N2CCCC(C)C2C)cc(CO)c1F. The standard InChI is InChI=1S/C15H22FNO3S/c1-10-5-4-6-17(12(10)3)21(19,20)14-7-11(2)15(16)13(8-14)9-18/h7-8,10,12,18H,4-6,9H2,1-3H3. The molecule has 1 aromatic carbocycles. The first kappa shape index (κ1) is 16.4. The number of hydrogen-bond acceptors (Lipinski definition) is 3. The second-order valence-electron chi connectivity index (χ2n) is 5.85. The molecular weight excluding hydrogens is 293 g/mol. The van der Waals surface area contributed by atoms with Crippen molar-refractivity contribution in [1.29, 1.82) is 0 Å². The van der Waals surface area contributed by atoms with E-state index in [9.17, 15) is 17.9 Å². The monoisotopic (exact) mass is 315 g/mol. The lowest BCUT2D eigenvalue weighted by Crippen LogP contribution is -2.45. The zero-order chi connectivity index (χ0) is 15.8. The molecule has 6 heteroatoms. The van der Waals surface area contributed by atoms with E-state index in [1.165, 1.54) is 23.4 Å². The summed E-state index contributed by atoms with van der Waals surface area (Å²) in [5, 5.41) is 9.19. The van der Waals surface area contributed by atoms with Gasteiger partial charge in [-0.2, -0.15) is 4.31 Å². The van der Waals surface area contributed by atoms with Crippen molar-refractivity contribution in [2.24, 2.45) is 5.92 Å². The summed E-state index contributed by atoms with van der Waals surface area (Å²) in [6, 6.07) is 2.51. The third-order valence-corrected chi connectivity index (χ3v) is 6.36. The van der Waals surface area contributed by atoms with Crippen LogP contribution in [0.4, 0.5) is 4.39 Å². The Bertz CT molecular complexity index is 630. The summed E-state index contributed by atoms with van der Waals surface area (Å²) < 4.78 is 40.9. The van der Waals surface area contributed by atoms with E-state index in [4.69, 9.17) is 0 Å². The number of aliphatic hydroxyl groups is 1. The molecule has 2 unspecified atom stereocenters. The smallest absolute Gasteiger partial charge is 0.243 e. The third-order valence-electron chi connectivity index (χ3n) is 4.40. The highest BCUT2D eigenvalue weighted by atomic mass is 32.2. The lowest BCUT2D eigenvalue weighted by molar-refractivity contribution is 0.202. The molecule has 2 atom stereocenters. The number of rotatable bonds is 3. The second kappa shape index (κ2) is 6.02. The molecule has 0 radical (unpaired) electrons. The van der Waals surface area contributed by atoms with Gasteiger partial charge in [0.25, 0.3) is 0 Å². The average Bonchev–Trinajstić information content (AvgIpc) is 2.44. The first-order chi connectivity index (χ1) is 9.78. The Morgan fingerprint density at radius 2 is 2.05 bits per heavy atom. The number of nitrogens with zero attached hydrogens (tertiary/aromatic N) is 1. The van der Waals surface area contributed by atoms with E-state index in [0.717, 1.165) is 12.8 Å². The Morgan fingerprint density at radius 1 is 1.38 bits per heavy atom. The molecule has 1 saturated heterocycles. The maximum absolute atomic E-state index is 13.8. The summed E-state index contributed by atoms with van der Waals surface area (Å²) in [4.78, 5) is 0.0615. The minimum Gasteiger partial charge on any atom is -0.392 e. The fourth-order valence-corrected chi connectivity index (χ4v) is 4.75. The van der Waals surface area contributed by atoms with Crippen molar-refractivity contribution < 1.29 is 17.9 Å². The quantitative estimate of drug-likeness (QED) is 0.932. The van der Waals surface area contributed by atoms with Crippen molar-refractivity contribution in [3.8, 4) is 0 Å². The fourth-order valence-electron chi connectivity index (χ4n) is 2.84. The van der Waals surface area contributed by atoms with Gasteiger partial charge in [-0.05, 0) is 50.3 Å². The van der Waals surface area contributed by atoms with Crippen LogP contribution in [-0.2, 0) is 16.6 Å². The van der Waals surface area contributed by atoms with E-state index >= 15 is 0 Å². The number of sulfonamides is 1. The van der Waals surface area contributed by atoms with E-state index in [-0.39, 0.29) is 22.1 Å². The summed E-state index contributed by atoms with van der Waals surface area (Å²) in [5.41, 5.74) is 0.254. The fraction of sp³-hybridized carbons (Fsp3) is 0.600. The lowest BCUT2D eigenvalue weighted by Gasteiger charge is -2.36. The maximum Gasteiger partial charge on any atom is 0.243 e. The molecule has 0 aromatic heterocycles. The molecule has 2 rings (SSSR count). The predicted molar refractivity (Wildman–Crippen MR) is 78.8 cm³/mol. The van der Waals surface area contributed by atoms with Gasteiger partial charge in [-0.25, -0.2) is 12.8 Å². The molecule has 1 fully saturated rings. The summed E-state index contributed by atoms with van der Waals surface area (Å²) >= 11 is 0. The molecule has 1 aromatic rings. The van der Waals surface area contributed by atoms with E-state index in [2.05, 4.69) is 0 Å². The molecule has 1 aliphatic rings. The van der Waals surface area contributed by atoms with Gasteiger partial charge in [-0.3, -0.25) is 0 Å². The van der Waals surface area contributed by atoms with Crippen molar-refractivity contribution in [3.63, 3.8) is 0 Å². The highest BCUT2D eigenvalue weighted by Gasteiger charge is 2.35. The summed E-state index contributed by atoms with van der Waals surface area (Å²) in [7, 11) is -3.66. The Labute approximate surface area is 125 Å². The van der Waals surface area contributed by atoms with Crippen LogP contribution in [0, 0.1) is 18.7 Å². The van der Waals surface area contributed by atoms with Gasteiger partial charge in [0.15, 0.2) is 0 Å². The second-order valence-corrected chi connectivity index (χ2v) is 7.74. The summed E-state index contributed by atoms with van der Waals surface area (Å²) in [6.45, 7) is 5.43. The van der Waals surface area contributed by atoms with Crippen molar-refractivity contribution in [1.82, 2.24) is 4.31 Å². The number of aryl methyl sites for hydroxylation is 1. The van der Waals surface area contributed by atoms with Crippen molar-refractivity contribution in [2.45, 2.75) is 51.2 Å². The van der Waals surface area contributed by atoms with Gasteiger partial charge in [-0.1, -0.05) is 6.92 Å². The molecule has 4 nitrogen and oxygen atoms in total. The van der Waals surface area contributed by atoms with Crippen LogP contribution in [0.5, 0.6) is 0 Å². The highest BCUT2D eigenvalue weighted by molar-refractivity contribution is 7.89. The Kier molecular flexibility index (Phi) is 4.70. The molecule has 0 saturated carbocycles. The average molecular weight is 315 g/mol. The van der Waals surface area contributed by atoms with Crippen molar-refractivity contribution >= 4 is 10.0 Å². The molecule has 0 aliphatic carbocycles. The normalized spacial score (nSPS) is 24.2. The van der Waals surface area contributed by atoms with Crippen LogP contribution >= 0.6 is 0 Å². The number of hydrogen-bond donors (Lipinski definition) is 1. The van der Waals surface area contributed by atoms with Gasteiger partial charge in [0, 0.05) is 18.2 Å². The van der Waals surface area contributed by atoms with Crippen LogP contribution < -0.4 is 0 Å². The third kappa shape index (κ3) is 2.98. The van der Waals surface area contributed by atoms with Gasteiger partial charge in [0.2, 0.25) is 10.0 Å². The topological polar surface area (TPSA) is 57.6 Å². The van der Waals surface area contributed by atoms with Crippen LogP contribution in [0.3, 0.4) is 0 Å². The number of piperidine rings is 1. The van der Waals surface area contributed by atoms with Gasteiger partial charge in [0.1, 0.15) is 5.82 Å². The van der Waals surface area contributed by atoms with E-state index in [0.29, 0.717) is 12.5 Å². The summed E-state index contributed by atoms with van der Waals surface area (Å²) in [6.07, 6.45) is 1.84. The van der Waals surface area contributed by atoms with E-state index in [1.54, 1.807) is 0 Å². The molecule has 1 N–H and O–H groups in total. The summed E-state index contributed by atoms with van der Waals surface area (Å²) in [5.74, 6) is -0.246. The Hall–Kier alpha value is -0.980. The van der Waals surface area contributed by atoms with E-state index in [1.807, 2.05) is 13.8 Å². The zero-order valence-corrected chi connectivity index (χ0v) is 13.5. The van der Waals surface area contributed by atoms with Gasteiger partial charge >= 0.3 is 0 Å². The van der Waals surface area contributed by atoms with E-state index < -0.39 is 22.4 Å². The molecule has 0 amide bonds. The van der Waals surface area contributed by atoms with Crippen LogP contribution in [0.15, 0.2) is 17.0 Å². The molecule has 21 heavy (non-hydrogen) atoms. The zero-order valence-electron chi connectivity index (χ0n) is 12.6. The predicted octanol–water partition coefficient (Wildman–Crippen LogP) is 2.44. The van der Waals surface area contributed by atoms with Gasteiger partial charge in [-0.15, -0.1) is 0 Å². The van der Waals surface area contributed by atoms with Crippen molar-refractivity contribution in [2.75, 3.05) is 6.54 Å². The van der Waals surface area contributed by atoms with Gasteiger partial charge in [0.05, 0.1) is 11.5 Å². The van der Waals surface area contributed by atoms with Crippen molar-refractivity contribution in [3.05, 3.63) is 29.1 Å². The minimum absolute atomic E-state index is 0.0197. The molecule has 0 spiro atoms. The minimum atomic E-state index is -3.66. The Balaban J connectivity index is 2.46. The maximum atomic E-state index is 13.8. The van der Waals surface area contributed by atoms with Crippen LogP contribution in [-0.4, -0.2) is 30.4 Å². The van der Waals surface area contributed by atoms with Crippen LogP contribution in [0.1, 0.15) is 37.8 Å². The number of aliphatic hydroxyl groups excluding tert-OH is 1. The number of halogens is 1. The molecule has 1 heterocycles. The molecule has 0 bridgehead atoms. The highest BCUT2D eigenvalue weighted by Crippen LogP contribution is 2.30. The first-order valence-electron chi connectivity index (χ1n) is 7.20. The Morgan fingerprint density at radius 3 is 2.67 bits per heavy atom. The molecule has 118 valence electrons. The number of benzene rings is 1.